The first-order chi connectivity index (χ1) is 13.0. The van der Waals surface area contributed by atoms with Crippen molar-refractivity contribution in [2.45, 2.75) is 46.2 Å². The quantitative estimate of drug-likeness (QED) is 0.481. The predicted octanol–water partition coefficient (Wildman–Crippen LogP) is 1.98. The highest BCUT2D eigenvalue weighted by Gasteiger charge is 2.27. The Kier molecular flexibility index (Phi) is 8.10. The second kappa shape index (κ2) is 10.3. The second-order valence-electron chi connectivity index (χ2n) is 7.79. The fourth-order valence-electron chi connectivity index (χ4n) is 3.40. The average molecular weight is 374 g/mol. The Morgan fingerprint density at radius 1 is 1.26 bits per heavy atom. The van der Waals surface area contributed by atoms with Gasteiger partial charge in [-0.2, -0.15) is 0 Å². The number of carbonyl (C=O) groups excluding carboxylic acids is 1. The molecular weight excluding hydrogens is 338 g/mol. The molecule has 1 aliphatic heterocycles. The van der Waals surface area contributed by atoms with Gasteiger partial charge in [-0.05, 0) is 45.7 Å². The van der Waals surface area contributed by atoms with Gasteiger partial charge in [0, 0.05) is 32.7 Å². The number of amides is 1. The number of hydrogen-bond donors (Lipinski definition) is 3. The SMILES string of the molecule is CCNC(=NCC(C)(C)C(=O)NC)NCC1CCCN1Cc1ccccc1. The Balaban J connectivity index is 1.92. The zero-order valence-corrected chi connectivity index (χ0v) is 17.2. The van der Waals surface area contributed by atoms with Gasteiger partial charge >= 0.3 is 0 Å². The third-order valence-electron chi connectivity index (χ3n) is 5.05. The van der Waals surface area contributed by atoms with Gasteiger partial charge in [-0.1, -0.05) is 30.3 Å². The lowest BCUT2D eigenvalue weighted by molar-refractivity contribution is -0.128. The molecule has 3 N–H and O–H groups in total. The minimum Gasteiger partial charge on any atom is -0.359 e. The Morgan fingerprint density at radius 2 is 2.00 bits per heavy atom. The number of hydrogen-bond acceptors (Lipinski definition) is 3. The summed E-state index contributed by atoms with van der Waals surface area (Å²) >= 11 is 0. The van der Waals surface area contributed by atoms with Gasteiger partial charge in [0.15, 0.2) is 5.96 Å². The van der Waals surface area contributed by atoms with Gasteiger partial charge in [0.1, 0.15) is 0 Å². The van der Waals surface area contributed by atoms with Crippen LogP contribution in [0.1, 0.15) is 39.2 Å². The van der Waals surface area contributed by atoms with Crippen LogP contribution in [0.15, 0.2) is 35.3 Å². The number of rotatable bonds is 8. The van der Waals surface area contributed by atoms with Gasteiger partial charge in [-0.25, -0.2) is 0 Å². The second-order valence-corrected chi connectivity index (χ2v) is 7.79. The van der Waals surface area contributed by atoms with Crippen molar-refractivity contribution < 1.29 is 4.79 Å². The molecule has 6 heteroatoms. The molecule has 1 unspecified atom stereocenters. The number of nitrogens with zero attached hydrogens (tertiary/aromatic N) is 2. The number of guanidine groups is 1. The first kappa shape index (κ1) is 21.2. The highest BCUT2D eigenvalue weighted by molar-refractivity contribution is 5.83. The van der Waals surface area contributed by atoms with Crippen LogP contribution in [-0.4, -0.2) is 56.0 Å². The standard InChI is InChI=1S/C21H35N5O/c1-5-23-20(25-16-21(2,3)19(27)22-4)24-14-18-12-9-13-26(18)15-17-10-7-6-8-11-17/h6-8,10-11,18H,5,9,12-16H2,1-4H3,(H,22,27)(H2,23,24,25). The molecule has 1 aromatic carbocycles. The van der Waals surface area contributed by atoms with Crippen LogP contribution in [0.25, 0.3) is 0 Å². The van der Waals surface area contributed by atoms with Crippen molar-refractivity contribution in [3.63, 3.8) is 0 Å². The van der Waals surface area contributed by atoms with Crippen LogP contribution < -0.4 is 16.0 Å². The fraction of sp³-hybridized carbons (Fsp3) is 0.619. The van der Waals surface area contributed by atoms with Crippen molar-refractivity contribution in [3.05, 3.63) is 35.9 Å². The lowest BCUT2D eigenvalue weighted by Crippen LogP contribution is -2.45. The molecule has 0 radical (unpaired) electrons. The minimum absolute atomic E-state index is 0.00641. The Hall–Kier alpha value is -2.08. The summed E-state index contributed by atoms with van der Waals surface area (Å²) in [5.74, 6) is 0.785. The van der Waals surface area contributed by atoms with Crippen molar-refractivity contribution in [1.82, 2.24) is 20.9 Å². The maximum atomic E-state index is 12.0. The van der Waals surface area contributed by atoms with Gasteiger partial charge in [0.2, 0.25) is 5.91 Å². The van der Waals surface area contributed by atoms with Gasteiger partial charge in [-0.3, -0.25) is 14.7 Å². The smallest absolute Gasteiger partial charge is 0.227 e. The molecule has 0 spiro atoms. The monoisotopic (exact) mass is 373 g/mol. The molecule has 0 aliphatic carbocycles. The first-order valence-electron chi connectivity index (χ1n) is 9.98. The highest BCUT2D eigenvalue weighted by atomic mass is 16.2. The molecule has 1 aliphatic rings. The number of benzene rings is 1. The molecule has 0 aromatic heterocycles. The van der Waals surface area contributed by atoms with Gasteiger partial charge in [-0.15, -0.1) is 0 Å². The van der Waals surface area contributed by atoms with E-state index in [1.807, 2.05) is 13.8 Å². The van der Waals surface area contributed by atoms with Crippen LogP contribution in [0.3, 0.4) is 0 Å². The van der Waals surface area contributed by atoms with Gasteiger partial charge in [0.05, 0.1) is 12.0 Å². The van der Waals surface area contributed by atoms with Crippen molar-refractivity contribution in [2.75, 3.05) is 33.2 Å². The van der Waals surface area contributed by atoms with Gasteiger partial charge < -0.3 is 16.0 Å². The third-order valence-corrected chi connectivity index (χ3v) is 5.05. The van der Waals surface area contributed by atoms with Crippen molar-refractivity contribution in [1.29, 1.82) is 0 Å². The van der Waals surface area contributed by atoms with Gasteiger partial charge in [0.25, 0.3) is 0 Å². The van der Waals surface area contributed by atoms with Crippen LogP contribution in [0, 0.1) is 5.41 Å². The Labute approximate surface area is 163 Å². The van der Waals surface area contributed by atoms with E-state index < -0.39 is 5.41 Å². The summed E-state index contributed by atoms with van der Waals surface area (Å²) < 4.78 is 0. The molecule has 1 heterocycles. The predicted molar refractivity (Wildman–Crippen MR) is 112 cm³/mol. The van der Waals surface area contributed by atoms with Crippen LogP contribution >= 0.6 is 0 Å². The summed E-state index contributed by atoms with van der Waals surface area (Å²) in [6.45, 7) is 10.1. The zero-order chi connectivity index (χ0) is 19.7. The van der Waals surface area contributed by atoms with E-state index in [1.54, 1.807) is 7.05 Å². The summed E-state index contributed by atoms with van der Waals surface area (Å²) in [4.78, 5) is 19.1. The van der Waals surface area contributed by atoms with Crippen molar-refractivity contribution >= 4 is 11.9 Å². The third kappa shape index (κ3) is 6.54. The minimum atomic E-state index is -0.524. The van der Waals surface area contributed by atoms with E-state index in [2.05, 4.69) is 63.1 Å². The first-order valence-corrected chi connectivity index (χ1v) is 9.98. The summed E-state index contributed by atoms with van der Waals surface area (Å²) in [6, 6.07) is 11.1. The topological polar surface area (TPSA) is 68.8 Å². The number of carbonyl (C=O) groups is 1. The molecule has 1 amide bonds. The van der Waals surface area contributed by atoms with Crippen LogP contribution in [0.2, 0.25) is 0 Å². The number of aliphatic imine (C=N–C) groups is 1. The molecule has 1 aromatic rings. The molecule has 1 fully saturated rings. The average Bonchev–Trinajstić information content (AvgIpc) is 3.11. The molecule has 6 nitrogen and oxygen atoms in total. The molecule has 0 bridgehead atoms. The number of likely N-dealkylation sites (tertiary alicyclic amines) is 1. The molecule has 1 saturated heterocycles. The van der Waals surface area contributed by atoms with Crippen LogP contribution in [0.5, 0.6) is 0 Å². The summed E-state index contributed by atoms with van der Waals surface area (Å²) in [6.07, 6.45) is 2.43. The maximum absolute atomic E-state index is 12.0. The normalized spacial score (nSPS) is 18.4. The van der Waals surface area contributed by atoms with Crippen molar-refractivity contribution in [2.24, 2.45) is 10.4 Å². The largest absolute Gasteiger partial charge is 0.359 e. The van der Waals surface area contributed by atoms with E-state index in [0.29, 0.717) is 12.6 Å². The summed E-state index contributed by atoms with van der Waals surface area (Å²) in [7, 11) is 1.67. The van der Waals surface area contributed by atoms with Crippen LogP contribution in [-0.2, 0) is 11.3 Å². The summed E-state index contributed by atoms with van der Waals surface area (Å²) in [5, 5.41) is 9.47. The molecule has 27 heavy (non-hydrogen) atoms. The highest BCUT2D eigenvalue weighted by Crippen LogP contribution is 2.19. The fourth-order valence-corrected chi connectivity index (χ4v) is 3.40. The summed E-state index contributed by atoms with van der Waals surface area (Å²) in [5.41, 5.74) is 0.835. The molecule has 2 rings (SSSR count). The van der Waals surface area contributed by atoms with E-state index >= 15 is 0 Å². The molecule has 1 atom stereocenters. The van der Waals surface area contributed by atoms with E-state index in [9.17, 15) is 4.79 Å². The molecule has 150 valence electrons. The van der Waals surface area contributed by atoms with E-state index in [4.69, 9.17) is 0 Å². The van der Waals surface area contributed by atoms with E-state index in [0.717, 1.165) is 32.1 Å². The zero-order valence-electron chi connectivity index (χ0n) is 17.2. The lowest BCUT2D eigenvalue weighted by atomic mass is 9.93. The molecule has 0 saturated carbocycles. The van der Waals surface area contributed by atoms with E-state index in [1.165, 1.54) is 18.4 Å². The Bertz CT molecular complexity index is 614. The molecular formula is C21H35N5O. The van der Waals surface area contributed by atoms with E-state index in [-0.39, 0.29) is 5.91 Å². The number of nitrogens with one attached hydrogen (secondary N) is 3. The maximum Gasteiger partial charge on any atom is 0.227 e. The van der Waals surface area contributed by atoms with Crippen molar-refractivity contribution in [3.8, 4) is 0 Å². The van der Waals surface area contributed by atoms with Crippen LogP contribution in [0.4, 0.5) is 0 Å². The lowest BCUT2D eigenvalue weighted by Gasteiger charge is -2.26. The Morgan fingerprint density at radius 3 is 2.67 bits per heavy atom.